The van der Waals surface area contributed by atoms with Crippen molar-refractivity contribution >= 4 is 11.7 Å². The Hall–Kier alpha value is -2.01. The maximum absolute atomic E-state index is 12.4. The molecule has 24 heavy (non-hydrogen) atoms. The SMILES string of the molecule is COc1ccc(N2[C@H]3COCCC/C=C\CCCOC(=O)[C@@H]32)cc1. The molecule has 0 bridgehead atoms. The van der Waals surface area contributed by atoms with E-state index in [0.717, 1.165) is 43.7 Å². The van der Waals surface area contributed by atoms with Gasteiger partial charge in [0.25, 0.3) is 0 Å². The summed E-state index contributed by atoms with van der Waals surface area (Å²) in [5.74, 6) is 0.652. The van der Waals surface area contributed by atoms with Crippen LogP contribution in [-0.2, 0) is 14.3 Å². The molecule has 2 atom stereocenters. The quantitative estimate of drug-likeness (QED) is 0.474. The van der Waals surface area contributed by atoms with Crippen molar-refractivity contribution in [1.29, 1.82) is 0 Å². The molecule has 2 aliphatic heterocycles. The van der Waals surface area contributed by atoms with Gasteiger partial charge in [-0.25, -0.2) is 4.79 Å². The predicted octanol–water partition coefficient (Wildman–Crippen LogP) is 2.94. The van der Waals surface area contributed by atoms with Crippen molar-refractivity contribution in [2.75, 3.05) is 31.8 Å². The average Bonchev–Trinajstić information content (AvgIpc) is 3.33. The Morgan fingerprint density at radius 3 is 2.50 bits per heavy atom. The average molecular weight is 331 g/mol. The number of nitrogens with zero attached hydrogens (tertiary/aromatic N) is 1. The summed E-state index contributed by atoms with van der Waals surface area (Å²) >= 11 is 0. The van der Waals surface area contributed by atoms with E-state index in [1.54, 1.807) is 7.11 Å². The lowest BCUT2D eigenvalue weighted by molar-refractivity contribution is -0.143. The molecule has 0 aliphatic carbocycles. The third-order valence-corrected chi connectivity index (χ3v) is 4.42. The van der Waals surface area contributed by atoms with Gasteiger partial charge in [0.2, 0.25) is 0 Å². The van der Waals surface area contributed by atoms with Gasteiger partial charge in [0, 0.05) is 12.3 Å². The molecule has 3 rings (SSSR count). The van der Waals surface area contributed by atoms with E-state index < -0.39 is 0 Å². The van der Waals surface area contributed by atoms with Crippen LogP contribution in [0.1, 0.15) is 25.7 Å². The summed E-state index contributed by atoms with van der Waals surface area (Å²) in [5.41, 5.74) is 0.998. The second kappa shape index (κ2) is 8.20. The molecule has 0 aromatic heterocycles. The molecular formula is C19H25NO4. The molecule has 0 spiro atoms. The van der Waals surface area contributed by atoms with Gasteiger partial charge in [0.15, 0.2) is 6.04 Å². The molecule has 5 nitrogen and oxygen atoms in total. The van der Waals surface area contributed by atoms with E-state index in [1.165, 1.54) is 0 Å². The number of esters is 1. The Morgan fingerprint density at radius 2 is 1.79 bits per heavy atom. The smallest absolute Gasteiger partial charge is 0.331 e. The molecular weight excluding hydrogens is 306 g/mol. The third-order valence-electron chi connectivity index (χ3n) is 4.42. The van der Waals surface area contributed by atoms with Crippen molar-refractivity contribution in [3.63, 3.8) is 0 Å². The second-order valence-corrected chi connectivity index (χ2v) is 6.12. The van der Waals surface area contributed by atoms with E-state index in [2.05, 4.69) is 17.1 Å². The molecule has 0 saturated carbocycles. The zero-order valence-corrected chi connectivity index (χ0v) is 14.1. The fourth-order valence-electron chi connectivity index (χ4n) is 3.03. The highest BCUT2D eigenvalue weighted by atomic mass is 16.5. The van der Waals surface area contributed by atoms with Crippen LogP contribution in [-0.4, -0.2) is 45.0 Å². The van der Waals surface area contributed by atoms with Gasteiger partial charge in [-0.3, -0.25) is 0 Å². The molecule has 1 aromatic carbocycles. The number of cyclic esters (lactones) is 1. The number of rotatable bonds is 2. The van der Waals surface area contributed by atoms with Gasteiger partial charge < -0.3 is 19.1 Å². The second-order valence-electron chi connectivity index (χ2n) is 6.12. The highest BCUT2D eigenvalue weighted by molar-refractivity contribution is 5.88. The first kappa shape index (κ1) is 16.8. The molecule has 2 heterocycles. The van der Waals surface area contributed by atoms with Crippen molar-refractivity contribution in [2.45, 2.75) is 37.8 Å². The van der Waals surface area contributed by atoms with Crippen molar-refractivity contribution < 1.29 is 19.0 Å². The minimum Gasteiger partial charge on any atom is -0.497 e. The van der Waals surface area contributed by atoms with Crippen LogP contribution in [0, 0.1) is 0 Å². The number of allylic oxidation sites excluding steroid dienone is 2. The largest absolute Gasteiger partial charge is 0.497 e. The fourth-order valence-corrected chi connectivity index (χ4v) is 3.03. The molecule has 0 unspecified atom stereocenters. The zero-order valence-electron chi connectivity index (χ0n) is 14.1. The molecule has 5 heteroatoms. The Balaban J connectivity index is 1.66. The topological polar surface area (TPSA) is 47.8 Å². The van der Waals surface area contributed by atoms with Crippen LogP contribution < -0.4 is 9.64 Å². The molecule has 1 aromatic rings. The number of anilines is 1. The Kier molecular flexibility index (Phi) is 5.75. The molecule has 1 saturated heterocycles. The summed E-state index contributed by atoms with van der Waals surface area (Å²) in [6, 6.07) is 7.57. The van der Waals surface area contributed by atoms with Crippen LogP contribution in [0.15, 0.2) is 36.4 Å². The van der Waals surface area contributed by atoms with Crippen LogP contribution >= 0.6 is 0 Å². The minimum atomic E-state index is -0.239. The number of benzene rings is 1. The van der Waals surface area contributed by atoms with E-state index in [4.69, 9.17) is 14.2 Å². The highest BCUT2D eigenvalue weighted by Crippen LogP contribution is 2.37. The van der Waals surface area contributed by atoms with Crippen LogP contribution in [0.4, 0.5) is 5.69 Å². The summed E-state index contributed by atoms with van der Waals surface area (Å²) in [6.45, 7) is 1.75. The van der Waals surface area contributed by atoms with Gasteiger partial charge in [-0.2, -0.15) is 0 Å². The number of fused-ring (bicyclic) bond motifs is 1. The van der Waals surface area contributed by atoms with E-state index in [-0.39, 0.29) is 18.1 Å². The number of carbonyl (C=O) groups is 1. The first-order valence-electron chi connectivity index (χ1n) is 8.63. The van der Waals surface area contributed by atoms with Crippen LogP contribution in [0.5, 0.6) is 5.75 Å². The maximum Gasteiger partial charge on any atom is 0.331 e. The summed E-state index contributed by atoms with van der Waals surface area (Å²) < 4.78 is 16.4. The van der Waals surface area contributed by atoms with Crippen LogP contribution in [0.3, 0.4) is 0 Å². The lowest BCUT2D eigenvalue weighted by atomic mass is 10.2. The van der Waals surface area contributed by atoms with E-state index in [9.17, 15) is 4.79 Å². The molecule has 0 radical (unpaired) electrons. The van der Waals surface area contributed by atoms with Gasteiger partial charge in [0.05, 0.1) is 26.4 Å². The summed E-state index contributed by atoms with van der Waals surface area (Å²) in [6.07, 6.45) is 8.21. The molecule has 0 amide bonds. The Labute approximate surface area is 143 Å². The van der Waals surface area contributed by atoms with Gasteiger partial charge >= 0.3 is 5.97 Å². The maximum atomic E-state index is 12.4. The summed E-state index contributed by atoms with van der Waals surface area (Å²) in [4.78, 5) is 14.4. The van der Waals surface area contributed by atoms with Crippen molar-refractivity contribution in [3.8, 4) is 5.75 Å². The number of methoxy groups -OCH3 is 1. The first-order chi connectivity index (χ1) is 11.8. The number of hydrogen-bond acceptors (Lipinski definition) is 5. The molecule has 130 valence electrons. The van der Waals surface area contributed by atoms with Crippen LogP contribution in [0.25, 0.3) is 0 Å². The predicted molar refractivity (Wildman–Crippen MR) is 92.4 cm³/mol. The fraction of sp³-hybridized carbons (Fsp3) is 0.526. The normalized spacial score (nSPS) is 26.7. The molecule has 2 aliphatic rings. The monoisotopic (exact) mass is 331 g/mol. The van der Waals surface area contributed by atoms with E-state index in [0.29, 0.717) is 13.2 Å². The van der Waals surface area contributed by atoms with Gasteiger partial charge in [-0.1, -0.05) is 12.2 Å². The number of ether oxygens (including phenoxy) is 3. The van der Waals surface area contributed by atoms with Gasteiger partial charge in [-0.15, -0.1) is 0 Å². The zero-order chi connectivity index (χ0) is 16.8. The Bertz CT molecular complexity index is 569. The first-order valence-corrected chi connectivity index (χ1v) is 8.63. The summed E-state index contributed by atoms with van der Waals surface area (Å²) in [7, 11) is 1.64. The highest BCUT2D eigenvalue weighted by Gasteiger charge is 2.53. The third kappa shape index (κ3) is 4.09. The van der Waals surface area contributed by atoms with Crippen molar-refractivity contribution in [3.05, 3.63) is 36.4 Å². The standard InChI is InChI=1S/C19H25NO4/c1-22-16-10-8-15(9-11-16)20-17-14-23-12-6-4-2-3-5-7-13-24-19(21)18(17)20/h2-3,8-11,17-18H,4-7,12-14H2,1H3/b3-2-/t17-,18+,20?/m0/s1. The van der Waals surface area contributed by atoms with Gasteiger partial charge in [0.1, 0.15) is 5.75 Å². The van der Waals surface area contributed by atoms with Crippen molar-refractivity contribution in [2.24, 2.45) is 0 Å². The lowest BCUT2D eigenvalue weighted by Crippen LogP contribution is -2.18. The number of carbonyl (C=O) groups excluding carboxylic acids is 1. The summed E-state index contributed by atoms with van der Waals surface area (Å²) in [5, 5.41) is 0. The van der Waals surface area contributed by atoms with E-state index >= 15 is 0 Å². The van der Waals surface area contributed by atoms with E-state index in [1.807, 2.05) is 24.3 Å². The molecule has 0 N–H and O–H groups in total. The van der Waals surface area contributed by atoms with Crippen LogP contribution in [0.2, 0.25) is 0 Å². The molecule has 1 fully saturated rings. The lowest BCUT2D eigenvalue weighted by Gasteiger charge is -2.08. The van der Waals surface area contributed by atoms with Crippen molar-refractivity contribution in [1.82, 2.24) is 0 Å². The Morgan fingerprint density at radius 1 is 1.08 bits per heavy atom. The minimum absolute atomic E-state index is 0.0596. The number of hydrogen-bond donors (Lipinski definition) is 0. The van der Waals surface area contributed by atoms with Gasteiger partial charge in [-0.05, 0) is 49.9 Å².